The highest BCUT2D eigenvalue weighted by Gasteiger charge is 2.27. The van der Waals surface area contributed by atoms with E-state index in [4.69, 9.17) is 4.74 Å². The third-order valence-electron chi connectivity index (χ3n) is 4.49. The Morgan fingerprint density at radius 1 is 1.31 bits per heavy atom. The van der Waals surface area contributed by atoms with E-state index < -0.39 is 6.04 Å². The van der Waals surface area contributed by atoms with Crippen molar-refractivity contribution in [2.45, 2.75) is 26.8 Å². The van der Waals surface area contributed by atoms with E-state index in [-0.39, 0.29) is 23.9 Å². The molecule has 1 aliphatic heterocycles. The van der Waals surface area contributed by atoms with Gasteiger partial charge in [-0.2, -0.15) is 0 Å². The average Bonchev–Trinajstić information content (AvgIpc) is 2.63. The van der Waals surface area contributed by atoms with Crippen LogP contribution in [-0.2, 0) is 4.79 Å². The Kier molecular flexibility index (Phi) is 5.00. The first-order chi connectivity index (χ1) is 12.3. The molecule has 0 radical (unpaired) electrons. The van der Waals surface area contributed by atoms with Crippen molar-refractivity contribution in [2.24, 2.45) is 0 Å². The van der Waals surface area contributed by atoms with Gasteiger partial charge in [0.25, 0.3) is 11.5 Å². The van der Waals surface area contributed by atoms with Gasteiger partial charge in [-0.15, -0.1) is 0 Å². The van der Waals surface area contributed by atoms with Gasteiger partial charge in [0.2, 0.25) is 0 Å². The zero-order chi connectivity index (χ0) is 19.0. The van der Waals surface area contributed by atoms with Crippen LogP contribution in [0.15, 0.2) is 39.7 Å². The fourth-order valence-electron chi connectivity index (χ4n) is 3.06. The van der Waals surface area contributed by atoms with Crippen LogP contribution in [0.3, 0.4) is 0 Å². The maximum absolute atomic E-state index is 13.0. The van der Waals surface area contributed by atoms with Gasteiger partial charge < -0.3 is 14.2 Å². The molecule has 0 fully saturated rings. The molecule has 0 saturated heterocycles. The number of hydrogen-bond acceptors (Lipinski definition) is 4. The van der Waals surface area contributed by atoms with Crippen LogP contribution < -0.4 is 15.2 Å². The number of carbonyl (C=O) groups is 2. The highest BCUT2D eigenvalue weighted by Crippen LogP contribution is 2.33. The van der Waals surface area contributed by atoms with Crippen molar-refractivity contribution in [2.75, 3.05) is 18.1 Å². The zero-order valence-electron chi connectivity index (χ0n) is 14.8. The summed E-state index contributed by atoms with van der Waals surface area (Å²) in [4.78, 5) is 39.0. The number of halogens is 1. The highest BCUT2D eigenvalue weighted by molar-refractivity contribution is 9.10. The van der Waals surface area contributed by atoms with Crippen LogP contribution in [0.2, 0.25) is 0 Å². The quantitative estimate of drug-likeness (QED) is 0.715. The monoisotopic (exact) mass is 418 g/mol. The second-order valence-corrected chi connectivity index (χ2v) is 7.12. The number of fused-ring (bicyclic) bond motifs is 1. The van der Waals surface area contributed by atoms with Crippen LogP contribution in [0.4, 0.5) is 5.69 Å². The molecule has 3 rings (SSSR count). The van der Waals surface area contributed by atoms with Gasteiger partial charge in [0.1, 0.15) is 5.75 Å². The Hall–Kier alpha value is -2.41. The molecule has 7 heteroatoms. The molecule has 1 aromatic heterocycles. The van der Waals surface area contributed by atoms with E-state index in [0.717, 1.165) is 4.47 Å². The molecule has 1 atom stereocenters. The Morgan fingerprint density at radius 2 is 2.04 bits per heavy atom. The van der Waals surface area contributed by atoms with E-state index in [1.165, 1.54) is 4.57 Å². The summed E-state index contributed by atoms with van der Waals surface area (Å²) in [6.07, 6.45) is 1.61. The number of Topliss-reactive ketones (excluding diaryl/α,β-unsaturated/α-hetero) is 1. The minimum absolute atomic E-state index is 0.00273. The smallest absolute Gasteiger partial charge is 0.265 e. The zero-order valence-corrected chi connectivity index (χ0v) is 16.4. The summed E-state index contributed by atoms with van der Waals surface area (Å²) < 4.78 is 7.58. The van der Waals surface area contributed by atoms with Gasteiger partial charge in [-0.3, -0.25) is 14.4 Å². The number of amides is 1. The number of ether oxygens (including phenoxy) is 1. The van der Waals surface area contributed by atoms with Crippen LogP contribution >= 0.6 is 15.9 Å². The number of rotatable bonds is 4. The predicted molar refractivity (Wildman–Crippen MR) is 102 cm³/mol. The van der Waals surface area contributed by atoms with E-state index >= 15 is 0 Å². The maximum Gasteiger partial charge on any atom is 0.265 e. The average molecular weight is 419 g/mol. The Balaban J connectivity index is 2.00. The summed E-state index contributed by atoms with van der Waals surface area (Å²) >= 11 is 3.36. The first-order valence-corrected chi connectivity index (χ1v) is 9.12. The van der Waals surface area contributed by atoms with Crippen molar-refractivity contribution in [3.63, 3.8) is 0 Å². The lowest BCUT2D eigenvalue weighted by molar-refractivity contribution is -0.121. The third kappa shape index (κ3) is 3.19. The van der Waals surface area contributed by atoms with E-state index in [1.54, 1.807) is 49.2 Å². The predicted octanol–water partition coefficient (Wildman–Crippen LogP) is 3.11. The number of anilines is 1. The van der Waals surface area contributed by atoms with Crippen molar-refractivity contribution in [1.82, 2.24) is 4.57 Å². The molecule has 2 aromatic rings. The van der Waals surface area contributed by atoms with Crippen molar-refractivity contribution in [3.8, 4) is 5.75 Å². The Morgan fingerprint density at radius 3 is 2.73 bits per heavy atom. The lowest BCUT2D eigenvalue weighted by atomic mass is 10.0. The van der Waals surface area contributed by atoms with Crippen LogP contribution in [0, 0.1) is 6.92 Å². The summed E-state index contributed by atoms with van der Waals surface area (Å²) in [6, 6.07) is 6.06. The molecule has 26 heavy (non-hydrogen) atoms. The highest BCUT2D eigenvalue weighted by atomic mass is 79.9. The summed E-state index contributed by atoms with van der Waals surface area (Å²) in [5, 5.41) is 0. The van der Waals surface area contributed by atoms with E-state index in [1.807, 2.05) is 6.92 Å². The number of aryl methyl sites for hydroxylation is 1. The van der Waals surface area contributed by atoms with Crippen LogP contribution in [0.25, 0.3) is 0 Å². The first kappa shape index (κ1) is 18.4. The van der Waals surface area contributed by atoms with Crippen LogP contribution in [0.5, 0.6) is 5.75 Å². The minimum Gasteiger partial charge on any atom is -0.482 e. The molecule has 0 spiro atoms. The van der Waals surface area contributed by atoms with E-state index in [9.17, 15) is 14.4 Å². The molecule has 0 bridgehead atoms. The normalized spacial score (nSPS) is 14.6. The molecule has 0 N–H and O–H groups in total. The molecule has 6 nitrogen and oxygen atoms in total. The van der Waals surface area contributed by atoms with E-state index in [2.05, 4.69) is 15.9 Å². The number of aromatic nitrogens is 1. The molecule has 136 valence electrons. The molecule has 2 heterocycles. The summed E-state index contributed by atoms with van der Waals surface area (Å²) in [5.41, 5.74) is 1.36. The van der Waals surface area contributed by atoms with Crippen molar-refractivity contribution in [3.05, 3.63) is 56.4 Å². The maximum atomic E-state index is 13.0. The fraction of sp³-hybridized carbons (Fsp3) is 0.316. The van der Waals surface area contributed by atoms with Gasteiger partial charge in [-0.25, -0.2) is 0 Å². The number of benzene rings is 1. The number of hydrogen-bond donors (Lipinski definition) is 0. The van der Waals surface area contributed by atoms with Crippen molar-refractivity contribution >= 4 is 33.3 Å². The van der Waals surface area contributed by atoms with Crippen molar-refractivity contribution in [1.29, 1.82) is 0 Å². The lowest BCUT2D eigenvalue weighted by Gasteiger charge is -2.28. The molecular weight excluding hydrogens is 400 g/mol. The van der Waals surface area contributed by atoms with Gasteiger partial charge in [0, 0.05) is 28.3 Å². The van der Waals surface area contributed by atoms with Gasteiger partial charge >= 0.3 is 0 Å². The fourth-order valence-corrected chi connectivity index (χ4v) is 3.62. The molecular formula is C19H19BrN2O4. The summed E-state index contributed by atoms with van der Waals surface area (Å²) in [7, 11) is 0. The molecule has 1 aromatic carbocycles. The number of carbonyl (C=O) groups excluding carboxylic acids is 2. The third-order valence-corrected chi connectivity index (χ3v) is 4.92. The largest absolute Gasteiger partial charge is 0.482 e. The summed E-state index contributed by atoms with van der Waals surface area (Å²) in [5.74, 6) is 0.226. The second-order valence-electron chi connectivity index (χ2n) is 6.20. The molecule has 0 saturated carbocycles. The van der Waals surface area contributed by atoms with Gasteiger partial charge in [0.05, 0.1) is 11.7 Å². The first-order valence-electron chi connectivity index (χ1n) is 8.33. The van der Waals surface area contributed by atoms with Crippen LogP contribution in [0.1, 0.15) is 35.8 Å². The summed E-state index contributed by atoms with van der Waals surface area (Å²) in [6.45, 7) is 5.76. The van der Waals surface area contributed by atoms with Gasteiger partial charge in [-0.1, -0.05) is 0 Å². The molecule has 1 amide bonds. The second kappa shape index (κ2) is 7.07. The standard InChI is InChI=1S/C19H19BrN2O4/c1-4-21-15-8-13(5-6-16(15)26-10-17(21)23)18(24)12(3)22-9-14(20)7-11(2)19(22)25/h5-9,12H,4,10H2,1-3H3. The van der Waals surface area contributed by atoms with Crippen LogP contribution in [-0.4, -0.2) is 29.4 Å². The van der Waals surface area contributed by atoms with Gasteiger partial charge in [0.15, 0.2) is 12.4 Å². The van der Waals surface area contributed by atoms with E-state index in [0.29, 0.717) is 29.1 Å². The number of likely N-dealkylation sites (N-methyl/N-ethyl adjacent to an activating group) is 1. The lowest BCUT2D eigenvalue weighted by Crippen LogP contribution is -2.38. The number of ketones is 1. The number of pyridine rings is 1. The topological polar surface area (TPSA) is 68.6 Å². The SMILES string of the molecule is CCN1C(=O)COc2ccc(C(=O)C(C)n3cc(Br)cc(C)c3=O)cc21. The Labute approximate surface area is 159 Å². The molecule has 1 unspecified atom stereocenters. The Bertz CT molecular complexity index is 951. The minimum atomic E-state index is -0.674. The molecule has 0 aliphatic carbocycles. The molecule has 1 aliphatic rings. The van der Waals surface area contributed by atoms with Gasteiger partial charge in [-0.05, 0) is 61.0 Å². The van der Waals surface area contributed by atoms with Crippen molar-refractivity contribution < 1.29 is 14.3 Å². The number of nitrogens with zero attached hydrogens (tertiary/aromatic N) is 2.